The molecule has 0 amide bonds. The summed E-state index contributed by atoms with van der Waals surface area (Å²) in [5.41, 5.74) is 2.38. The van der Waals surface area contributed by atoms with Gasteiger partial charge in [0.2, 0.25) is 0 Å². The first-order chi connectivity index (χ1) is 15.4. The summed E-state index contributed by atoms with van der Waals surface area (Å²) in [7, 11) is -0.597. The minimum absolute atomic E-state index is 0.105. The van der Waals surface area contributed by atoms with Gasteiger partial charge in [-0.1, -0.05) is 5.16 Å². The van der Waals surface area contributed by atoms with Gasteiger partial charge >= 0.3 is 0 Å². The molecular weight excluding hydrogens is 452 g/mol. The maximum atomic E-state index is 12.5. The van der Waals surface area contributed by atoms with Crippen molar-refractivity contribution in [3.05, 3.63) is 59.7 Å². The number of nitrogens with one attached hydrogen (secondary N) is 2. The number of anilines is 3. The van der Waals surface area contributed by atoms with Crippen LogP contribution in [-0.2, 0) is 10.0 Å². The third-order valence-corrected chi connectivity index (χ3v) is 6.59. The fourth-order valence-corrected chi connectivity index (χ4v) is 4.63. The highest BCUT2D eigenvalue weighted by Crippen LogP contribution is 2.34. The minimum atomic E-state index is -3.77. The van der Waals surface area contributed by atoms with Crippen molar-refractivity contribution in [2.75, 3.05) is 24.3 Å². The molecule has 9 nitrogen and oxygen atoms in total. The van der Waals surface area contributed by atoms with Crippen molar-refractivity contribution >= 4 is 38.0 Å². The van der Waals surface area contributed by atoms with Crippen LogP contribution in [0.4, 0.5) is 16.6 Å². The first kappa shape index (κ1) is 21.7. The molecule has 4 aromatic rings. The molecule has 0 saturated carbocycles. The molecule has 0 spiro atoms. The van der Waals surface area contributed by atoms with Crippen LogP contribution < -0.4 is 19.5 Å². The number of sulfonamides is 1. The number of benzene rings is 2. The van der Waals surface area contributed by atoms with Crippen LogP contribution in [0.2, 0.25) is 0 Å². The maximum Gasteiger partial charge on any atom is 0.263 e. The zero-order valence-electron chi connectivity index (χ0n) is 17.4. The lowest BCUT2D eigenvalue weighted by atomic mass is 10.1. The molecule has 0 aliphatic carbocycles. The second kappa shape index (κ2) is 8.89. The summed E-state index contributed by atoms with van der Waals surface area (Å²) >= 11 is 1.43. The Labute approximate surface area is 189 Å². The number of nitrogens with zero attached hydrogens (tertiary/aromatic N) is 2. The van der Waals surface area contributed by atoms with Gasteiger partial charge in [0.15, 0.2) is 22.4 Å². The van der Waals surface area contributed by atoms with Crippen molar-refractivity contribution < 1.29 is 22.4 Å². The van der Waals surface area contributed by atoms with E-state index >= 15 is 0 Å². The normalized spacial score (nSPS) is 11.2. The first-order valence-corrected chi connectivity index (χ1v) is 11.8. The number of rotatable bonds is 8. The molecule has 2 heterocycles. The Balaban J connectivity index is 1.47. The van der Waals surface area contributed by atoms with Gasteiger partial charge < -0.3 is 19.3 Å². The highest BCUT2D eigenvalue weighted by Gasteiger charge is 2.16. The van der Waals surface area contributed by atoms with E-state index in [0.717, 1.165) is 11.3 Å². The predicted octanol–water partition coefficient (Wildman–Crippen LogP) is 4.67. The average molecular weight is 473 g/mol. The summed E-state index contributed by atoms with van der Waals surface area (Å²) in [4.78, 5) is 4.70. The van der Waals surface area contributed by atoms with Crippen molar-refractivity contribution in [1.29, 1.82) is 0 Å². The zero-order valence-corrected chi connectivity index (χ0v) is 19.1. The van der Waals surface area contributed by atoms with E-state index in [1.807, 2.05) is 23.6 Å². The van der Waals surface area contributed by atoms with Gasteiger partial charge in [-0.05, 0) is 49.4 Å². The zero-order chi connectivity index (χ0) is 22.7. The van der Waals surface area contributed by atoms with Crippen LogP contribution >= 0.6 is 11.3 Å². The molecule has 2 aromatic carbocycles. The second-order valence-electron chi connectivity index (χ2n) is 6.69. The maximum absolute atomic E-state index is 12.5. The Kier molecular flexibility index (Phi) is 6.01. The molecule has 0 saturated heterocycles. The summed E-state index contributed by atoms with van der Waals surface area (Å²) in [6.45, 7) is 1.68. The Hall–Kier alpha value is -3.57. The van der Waals surface area contributed by atoms with Gasteiger partial charge in [-0.15, -0.1) is 11.3 Å². The molecule has 0 fully saturated rings. The smallest absolute Gasteiger partial charge is 0.263 e. The second-order valence-corrected chi connectivity index (χ2v) is 9.23. The van der Waals surface area contributed by atoms with Crippen LogP contribution in [0.1, 0.15) is 5.76 Å². The molecule has 0 aliphatic heterocycles. The lowest BCUT2D eigenvalue weighted by Crippen LogP contribution is -2.13. The van der Waals surface area contributed by atoms with E-state index < -0.39 is 10.0 Å². The molecule has 0 aliphatic rings. The molecule has 4 rings (SSSR count). The van der Waals surface area contributed by atoms with Gasteiger partial charge in [0.1, 0.15) is 5.76 Å². The van der Waals surface area contributed by atoms with Crippen molar-refractivity contribution in [3.63, 3.8) is 0 Å². The molecule has 2 aromatic heterocycles. The summed E-state index contributed by atoms with van der Waals surface area (Å²) in [5.74, 6) is 1.92. The number of thiazole rings is 1. The van der Waals surface area contributed by atoms with Crippen molar-refractivity contribution in [1.82, 2.24) is 10.1 Å². The number of ether oxygens (including phenoxy) is 2. The summed E-state index contributed by atoms with van der Waals surface area (Å²) in [5, 5.41) is 9.43. The van der Waals surface area contributed by atoms with Gasteiger partial charge in [-0.3, -0.25) is 4.72 Å². The largest absolute Gasteiger partial charge is 0.493 e. The number of methoxy groups -OCH3 is 2. The van der Waals surface area contributed by atoms with E-state index in [9.17, 15) is 8.42 Å². The molecule has 0 radical (unpaired) electrons. The molecule has 166 valence electrons. The third kappa shape index (κ3) is 4.68. The highest BCUT2D eigenvalue weighted by molar-refractivity contribution is 7.92. The Morgan fingerprint density at radius 1 is 1.00 bits per heavy atom. The lowest BCUT2D eigenvalue weighted by Gasteiger charge is -2.08. The SMILES string of the molecule is COc1ccc(-c2csc(Nc3ccc(S(=O)(=O)Nc4cc(C)on4)cc3)n2)cc1OC. The van der Waals surface area contributed by atoms with Gasteiger partial charge in [-0.2, -0.15) is 0 Å². The van der Waals surface area contributed by atoms with E-state index in [4.69, 9.17) is 14.0 Å². The minimum Gasteiger partial charge on any atom is -0.493 e. The lowest BCUT2D eigenvalue weighted by molar-refractivity contribution is 0.355. The van der Waals surface area contributed by atoms with Crippen LogP contribution in [-0.4, -0.2) is 32.8 Å². The molecule has 2 N–H and O–H groups in total. The van der Waals surface area contributed by atoms with Crippen LogP contribution in [0.15, 0.2) is 63.3 Å². The van der Waals surface area contributed by atoms with Crippen LogP contribution in [0.25, 0.3) is 11.3 Å². The van der Waals surface area contributed by atoms with E-state index in [-0.39, 0.29) is 10.7 Å². The van der Waals surface area contributed by atoms with E-state index in [1.165, 1.54) is 29.5 Å². The molecule has 0 bridgehead atoms. The number of aromatic nitrogens is 2. The molecule has 32 heavy (non-hydrogen) atoms. The molecular formula is C21H20N4O5S2. The Morgan fingerprint density at radius 2 is 1.75 bits per heavy atom. The van der Waals surface area contributed by atoms with Crippen LogP contribution in [0.5, 0.6) is 11.5 Å². The van der Waals surface area contributed by atoms with E-state index in [1.54, 1.807) is 33.3 Å². The van der Waals surface area contributed by atoms with Crippen molar-refractivity contribution in [2.45, 2.75) is 11.8 Å². The quantitative estimate of drug-likeness (QED) is 0.380. The Morgan fingerprint density at radius 3 is 2.41 bits per heavy atom. The number of hydrogen-bond acceptors (Lipinski definition) is 9. The molecule has 0 atom stereocenters. The van der Waals surface area contributed by atoms with Crippen LogP contribution in [0, 0.1) is 6.92 Å². The monoisotopic (exact) mass is 472 g/mol. The van der Waals surface area contributed by atoms with Gasteiger partial charge in [0, 0.05) is 22.7 Å². The third-order valence-electron chi connectivity index (χ3n) is 4.47. The van der Waals surface area contributed by atoms with E-state index in [2.05, 4.69) is 20.2 Å². The first-order valence-electron chi connectivity index (χ1n) is 9.39. The average Bonchev–Trinajstić information content (AvgIpc) is 3.42. The van der Waals surface area contributed by atoms with Crippen LogP contribution in [0.3, 0.4) is 0 Å². The van der Waals surface area contributed by atoms with E-state index in [0.29, 0.717) is 28.1 Å². The molecule has 11 heteroatoms. The van der Waals surface area contributed by atoms with Crippen molar-refractivity contribution in [2.24, 2.45) is 0 Å². The fraction of sp³-hybridized carbons (Fsp3) is 0.143. The molecule has 0 unspecified atom stereocenters. The Bertz CT molecular complexity index is 1330. The summed E-state index contributed by atoms with van der Waals surface area (Å²) < 4.78 is 42.9. The van der Waals surface area contributed by atoms with Crippen molar-refractivity contribution in [3.8, 4) is 22.8 Å². The predicted molar refractivity (Wildman–Crippen MR) is 122 cm³/mol. The van der Waals surface area contributed by atoms with Gasteiger partial charge in [-0.25, -0.2) is 13.4 Å². The summed E-state index contributed by atoms with van der Waals surface area (Å²) in [6, 6.07) is 13.4. The standard InChI is InChI=1S/C21H20N4O5S2/c1-13-10-20(24-30-13)25-32(26,27)16-7-5-15(6-8-16)22-21-23-17(12-31-21)14-4-9-18(28-2)19(11-14)29-3/h4-12H,1-3H3,(H,22,23)(H,24,25). The fourth-order valence-electron chi connectivity index (χ4n) is 2.91. The number of hydrogen-bond donors (Lipinski definition) is 2. The summed E-state index contributed by atoms with van der Waals surface area (Å²) in [6.07, 6.45) is 0. The van der Waals surface area contributed by atoms with Gasteiger partial charge in [0.05, 0.1) is 24.8 Å². The topological polar surface area (TPSA) is 116 Å². The number of aryl methyl sites for hydroxylation is 1. The highest BCUT2D eigenvalue weighted by atomic mass is 32.2. The van der Waals surface area contributed by atoms with Gasteiger partial charge in [0.25, 0.3) is 10.0 Å².